The standard InChI is InChI=1S/C14H22N2O4/c1-4-19-14(17)11-5-6-16-13(12(11)15)20-8-7-18-9-10(2)3/h5-6,10H,4,7-9,15H2,1-3H3. The van der Waals surface area contributed by atoms with Crippen LogP contribution < -0.4 is 10.5 Å². The molecule has 0 aliphatic carbocycles. The van der Waals surface area contributed by atoms with Crippen LogP contribution in [-0.4, -0.2) is 37.4 Å². The number of hydrogen-bond acceptors (Lipinski definition) is 6. The maximum Gasteiger partial charge on any atom is 0.340 e. The van der Waals surface area contributed by atoms with Crippen molar-refractivity contribution in [1.82, 2.24) is 4.98 Å². The average molecular weight is 282 g/mol. The van der Waals surface area contributed by atoms with Crippen molar-refractivity contribution in [2.24, 2.45) is 5.92 Å². The van der Waals surface area contributed by atoms with Gasteiger partial charge in [-0.1, -0.05) is 13.8 Å². The molecule has 6 nitrogen and oxygen atoms in total. The lowest BCUT2D eigenvalue weighted by molar-refractivity contribution is 0.0526. The molecule has 6 heteroatoms. The van der Waals surface area contributed by atoms with E-state index in [4.69, 9.17) is 19.9 Å². The number of nitrogens with two attached hydrogens (primary N) is 1. The van der Waals surface area contributed by atoms with Gasteiger partial charge in [0, 0.05) is 12.8 Å². The molecule has 0 aliphatic heterocycles. The molecule has 0 atom stereocenters. The van der Waals surface area contributed by atoms with Crippen LogP contribution >= 0.6 is 0 Å². The molecular weight excluding hydrogens is 260 g/mol. The zero-order valence-corrected chi connectivity index (χ0v) is 12.2. The van der Waals surface area contributed by atoms with E-state index in [1.54, 1.807) is 6.92 Å². The minimum absolute atomic E-state index is 0.190. The van der Waals surface area contributed by atoms with Gasteiger partial charge >= 0.3 is 5.97 Å². The van der Waals surface area contributed by atoms with E-state index < -0.39 is 5.97 Å². The molecule has 0 saturated carbocycles. The highest BCUT2D eigenvalue weighted by atomic mass is 16.5. The van der Waals surface area contributed by atoms with E-state index in [1.165, 1.54) is 12.3 Å². The fraction of sp³-hybridized carbons (Fsp3) is 0.571. The number of hydrogen-bond donors (Lipinski definition) is 1. The molecule has 0 saturated heterocycles. The van der Waals surface area contributed by atoms with Crippen LogP contribution in [0.5, 0.6) is 5.88 Å². The number of rotatable bonds is 8. The predicted octanol–water partition coefficient (Wildman–Crippen LogP) is 1.89. The highest BCUT2D eigenvalue weighted by Crippen LogP contribution is 2.22. The number of pyridine rings is 1. The Labute approximate surface area is 119 Å². The topological polar surface area (TPSA) is 83.7 Å². The molecule has 20 heavy (non-hydrogen) atoms. The first-order chi connectivity index (χ1) is 9.56. The van der Waals surface area contributed by atoms with Crippen LogP contribution in [-0.2, 0) is 9.47 Å². The second-order valence-corrected chi connectivity index (χ2v) is 4.62. The maximum absolute atomic E-state index is 11.7. The smallest absolute Gasteiger partial charge is 0.340 e. The van der Waals surface area contributed by atoms with Crippen molar-refractivity contribution in [3.63, 3.8) is 0 Å². The summed E-state index contributed by atoms with van der Waals surface area (Å²) in [5.41, 5.74) is 6.30. The van der Waals surface area contributed by atoms with Gasteiger partial charge in [0.05, 0.1) is 18.8 Å². The number of nitrogen functional groups attached to an aromatic ring is 1. The quantitative estimate of drug-likeness (QED) is 0.579. The Kier molecular flexibility index (Phi) is 6.79. The summed E-state index contributed by atoms with van der Waals surface area (Å²) < 4.78 is 15.7. The van der Waals surface area contributed by atoms with Gasteiger partial charge in [0.25, 0.3) is 0 Å². The van der Waals surface area contributed by atoms with E-state index in [0.29, 0.717) is 32.3 Å². The van der Waals surface area contributed by atoms with Gasteiger partial charge in [-0.25, -0.2) is 9.78 Å². The first kappa shape index (κ1) is 16.2. The largest absolute Gasteiger partial charge is 0.474 e. The van der Waals surface area contributed by atoms with Crippen molar-refractivity contribution in [2.45, 2.75) is 20.8 Å². The van der Waals surface area contributed by atoms with Gasteiger partial charge in [-0.05, 0) is 18.9 Å². The summed E-state index contributed by atoms with van der Waals surface area (Å²) in [5, 5.41) is 0. The molecule has 1 aromatic rings. The van der Waals surface area contributed by atoms with Gasteiger partial charge < -0.3 is 19.9 Å². The molecule has 0 aromatic carbocycles. The van der Waals surface area contributed by atoms with Crippen molar-refractivity contribution in [3.8, 4) is 5.88 Å². The molecule has 112 valence electrons. The second kappa shape index (κ2) is 8.37. The van der Waals surface area contributed by atoms with E-state index in [2.05, 4.69) is 18.8 Å². The molecule has 0 aliphatic rings. The normalized spacial score (nSPS) is 10.6. The van der Waals surface area contributed by atoms with Crippen molar-refractivity contribution in [1.29, 1.82) is 0 Å². The van der Waals surface area contributed by atoms with Crippen LogP contribution in [0.1, 0.15) is 31.1 Å². The molecule has 0 unspecified atom stereocenters. The first-order valence-electron chi connectivity index (χ1n) is 6.68. The molecule has 0 radical (unpaired) electrons. The molecule has 1 aromatic heterocycles. The second-order valence-electron chi connectivity index (χ2n) is 4.62. The molecule has 0 spiro atoms. The van der Waals surface area contributed by atoms with Crippen LogP contribution in [0.15, 0.2) is 12.3 Å². The van der Waals surface area contributed by atoms with E-state index in [-0.39, 0.29) is 17.1 Å². The van der Waals surface area contributed by atoms with Crippen LogP contribution in [0.3, 0.4) is 0 Å². The van der Waals surface area contributed by atoms with Gasteiger partial charge in [0.15, 0.2) is 0 Å². The molecule has 0 bridgehead atoms. The summed E-state index contributed by atoms with van der Waals surface area (Å²) in [5.74, 6) is 0.224. The Morgan fingerprint density at radius 1 is 1.40 bits per heavy atom. The Balaban J connectivity index is 2.54. The molecular formula is C14H22N2O4. The number of carbonyl (C=O) groups is 1. The molecule has 2 N–H and O–H groups in total. The Morgan fingerprint density at radius 2 is 2.15 bits per heavy atom. The number of aromatic nitrogens is 1. The third-order valence-electron chi connectivity index (χ3n) is 2.37. The number of carbonyl (C=O) groups excluding carboxylic acids is 1. The fourth-order valence-electron chi connectivity index (χ4n) is 1.47. The monoisotopic (exact) mass is 282 g/mol. The highest BCUT2D eigenvalue weighted by Gasteiger charge is 2.15. The summed E-state index contributed by atoms with van der Waals surface area (Å²) >= 11 is 0. The number of ether oxygens (including phenoxy) is 3. The van der Waals surface area contributed by atoms with Crippen LogP contribution in [0.2, 0.25) is 0 Å². The Morgan fingerprint density at radius 3 is 2.80 bits per heavy atom. The van der Waals surface area contributed by atoms with Crippen LogP contribution in [0.25, 0.3) is 0 Å². The van der Waals surface area contributed by atoms with Gasteiger partial charge in [0.2, 0.25) is 5.88 Å². The molecule has 1 heterocycles. The van der Waals surface area contributed by atoms with Crippen molar-refractivity contribution in [2.75, 3.05) is 32.2 Å². The number of esters is 1. The third-order valence-corrected chi connectivity index (χ3v) is 2.37. The molecule has 0 amide bonds. The minimum Gasteiger partial charge on any atom is -0.474 e. The van der Waals surface area contributed by atoms with E-state index in [9.17, 15) is 4.79 Å². The van der Waals surface area contributed by atoms with Crippen LogP contribution in [0.4, 0.5) is 5.69 Å². The maximum atomic E-state index is 11.7. The fourth-order valence-corrected chi connectivity index (χ4v) is 1.47. The summed E-state index contributed by atoms with van der Waals surface area (Å²) in [4.78, 5) is 15.7. The number of anilines is 1. The minimum atomic E-state index is -0.478. The van der Waals surface area contributed by atoms with E-state index in [0.717, 1.165) is 0 Å². The lowest BCUT2D eigenvalue weighted by atomic mass is 10.2. The van der Waals surface area contributed by atoms with Gasteiger partial charge in [0.1, 0.15) is 12.3 Å². The zero-order valence-electron chi connectivity index (χ0n) is 12.2. The van der Waals surface area contributed by atoms with Gasteiger partial charge in [-0.2, -0.15) is 0 Å². The van der Waals surface area contributed by atoms with Crippen LogP contribution in [0, 0.1) is 5.92 Å². The summed E-state index contributed by atoms with van der Waals surface area (Å²) in [6.45, 7) is 7.62. The Hall–Kier alpha value is -1.82. The van der Waals surface area contributed by atoms with Crippen molar-refractivity contribution in [3.05, 3.63) is 17.8 Å². The lowest BCUT2D eigenvalue weighted by Gasteiger charge is -2.11. The predicted molar refractivity (Wildman–Crippen MR) is 75.8 cm³/mol. The van der Waals surface area contributed by atoms with Gasteiger partial charge in [-0.15, -0.1) is 0 Å². The molecule has 0 fully saturated rings. The van der Waals surface area contributed by atoms with E-state index in [1.807, 2.05) is 0 Å². The van der Waals surface area contributed by atoms with E-state index >= 15 is 0 Å². The SMILES string of the molecule is CCOC(=O)c1ccnc(OCCOCC(C)C)c1N. The third kappa shape index (κ3) is 5.05. The summed E-state index contributed by atoms with van der Waals surface area (Å²) in [6, 6.07) is 1.51. The van der Waals surface area contributed by atoms with Crippen molar-refractivity contribution >= 4 is 11.7 Å². The Bertz CT molecular complexity index is 435. The van der Waals surface area contributed by atoms with Gasteiger partial charge in [-0.3, -0.25) is 0 Å². The summed E-state index contributed by atoms with van der Waals surface area (Å²) in [7, 11) is 0. The zero-order chi connectivity index (χ0) is 15.0. The summed E-state index contributed by atoms with van der Waals surface area (Å²) in [6.07, 6.45) is 1.47. The molecule has 1 rings (SSSR count). The average Bonchev–Trinajstić information content (AvgIpc) is 2.40. The highest BCUT2D eigenvalue weighted by molar-refractivity contribution is 5.96. The first-order valence-corrected chi connectivity index (χ1v) is 6.68. The number of nitrogens with zero attached hydrogens (tertiary/aromatic N) is 1. The van der Waals surface area contributed by atoms with Crippen molar-refractivity contribution < 1.29 is 19.0 Å². The lowest BCUT2D eigenvalue weighted by Crippen LogP contribution is -2.13.